The average molecular weight is 392 g/mol. The van der Waals surface area contributed by atoms with Gasteiger partial charge in [-0.3, -0.25) is 4.79 Å². The molecule has 1 amide bonds. The summed E-state index contributed by atoms with van der Waals surface area (Å²) in [4.78, 5) is 16.3. The van der Waals surface area contributed by atoms with Crippen LogP contribution in [-0.4, -0.2) is 23.7 Å². The Kier molecular flexibility index (Phi) is 5.75. The van der Waals surface area contributed by atoms with Gasteiger partial charge in [0.05, 0.1) is 10.2 Å². The van der Waals surface area contributed by atoms with E-state index in [4.69, 9.17) is 4.74 Å². The summed E-state index contributed by atoms with van der Waals surface area (Å²) >= 11 is 1.48. The van der Waals surface area contributed by atoms with Crippen molar-refractivity contribution in [2.24, 2.45) is 0 Å². The summed E-state index contributed by atoms with van der Waals surface area (Å²) in [5.41, 5.74) is 1.51. The van der Waals surface area contributed by atoms with E-state index in [9.17, 15) is 18.0 Å². The Labute approximate surface area is 157 Å². The molecule has 0 aliphatic carbocycles. The average Bonchev–Trinajstić information content (AvgIpc) is 3.06. The maximum atomic E-state index is 12.2. The van der Waals surface area contributed by atoms with Crippen LogP contribution in [-0.2, 0) is 11.3 Å². The fraction of sp³-hybridized carbons (Fsp3) is 0.158. The van der Waals surface area contributed by atoms with Crippen molar-refractivity contribution in [1.29, 1.82) is 0 Å². The molecule has 4 nitrogen and oxygen atoms in total. The van der Waals surface area contributed by atoms with E-state index in [1.165, 1.54) is 29.5 Å². The Hall–Kier alpha value is -2.87. The first-order valence-corrected chi connectivity index (χ1v) is 8.81. The van der Waals surface area contributed by atoms with Crippen LogP contribution in [0.1, 0.15) is 10.6 Å². The van der Waals surface area contributed by atoms with Gasteiger partial charge in [-0.15, -0.1) is 11.3 Å². The third kappa shape index (κ3) is 5.82. The molecule has 0 unspecified atom stereocenters. The van der Waals surface area contributed by atoms with Gasteiger partial charge in [0.2, 0.25) is 5.91 Å². The molecule has 0 saturated heterocycles. The number of hydrogen-bond donors (Lipinski definition) is 1. The number of thiazole rings is 1. The van der Waals surface area contributed by atoms with Crippen LogP contribution in [0, 0.1) is 0 Å². The van der Waals surface area contributed by atoms with Crippen molar-refractivity contribution in [3.05, 3.63) is 65.2 Å². The van der Waals surface area contributed by atoms with Crippen LogP contribution in [0.5, 0.6) is 5.75 Å². The van der Waals surface area contributed by atoms with Gasteiger partial charge in [-0.25, -0.2) is 4.98 Å². The molecule has 1 aromatic heterocycles. The van der Waals surface area contributed by atoms with Crippen molar-refractivity contribution in [1.82, 2.24) is 10.3 Å². The molecule has 0 radical (unpaired) electrons. The lowest BCUT2D eigenvalue weighted by Gasteiger charge is -2.10. The van der Waals surface area contributed by atoms with E-state index in [1.54, 1.807) is 18.2 Å². The molecule has 27 heavy (non-hydrogen) atoms. The minimum atomic E-state index is -4.39. The summed E-state index contributed by atoms with van der Waals surface area (Å²) in [6.07, 6.45) is -1.39. The lowest BCUT2D eigenvalue weighted by atomic mass is 10.2. The first-order valence-electron chi connectivity index (χ1n) is 7.99. The Morgan fingerprint density at radius 3 is 2.78 bits per heavy atom. The number of nitrogens with one attached hydrogen (secondary N) is 1. The number of benzene rings is 2. The topological polar surface area (TPSA) is 51.2 Å². The lowest BCUT2D eigenvalue weighted by Crippen LogP contribution is -2.21. The molecule has 0 aliphatic heterocycles. The number of aromatic nitrogens is 1. The number of nitrogens with zero attached hydrogens (tertiary/aromatic N) is 1. The van der Waals surface area contributed by atoms with Gasteiger partial charge in [-0.1, -0.05) is 24.3 Å². The van der Waals surface area contributed by atoms with E-state index >= 15 is 0 Å². The highest BCUT2D eigenvalue weighted by molar-refractivity contribution is 7.19. The third-order valence-corrected chi connectivity index (χ3v) is 4.46. The minimum absolute atomic E-state index is 0.101. The second-order valence-corrected chi connectivity index (χ2v) is 6.68. The highest BCUT2D eigenvalue weighted by Crippen LogP contribution is 2.22. The molecule has 1 heterocycles. The first kappa shape index (κ1) is 18.9. The van der Waals surface area contributed by atoms with Crippen molar-refractivity contribution < 1.29 is 22.7 Å². The van der Waals surface area contributed by atoms with Gasteiger partial charge in [0.1, 0.15) is 10.8 Å². The quantitative estimate of drug-likeness (QED) is 0.626. The normalized spacial score (nSPS) is 11.8. The van der Waals surface area contributed by atoms with Crippen molar-refractivity contribution in [2.75, 3.05) is 6.61 Å². The van der Waals surface area contributed by atoms with E-state index < -0.39 is 12.8 Å². The summed E-state index contributed by atoms with van der Waals surface area (Å²) in [6.45, 7) is -1.18. The highest BCUT2D eigenvalue weighted by atomic mass is 32.1. The molecule has 0 saturated carbocycles. The zero-order valence-electron chi connectivity index (χ0n) is 14.0. The maximum absolute atomic E-state index is 12.2. The molecule has 2 aromatic carbocycles. The number of fused-ring (bicyclic) bond motifs is 1. The van der Waals surface area contributed by atoms with Gasteiger partial charge < -0.3 is 10.1 Å². The zero-order chi connectivity index (χ0) is 19.3. The number of hydrogen-bond acceptors (Lipinski definition) is 4. The van der Waals surface area contributed by atoms with Crippen molar-refractivity contribution in [2.45, 2.75) is 12.7 Å². The zero-order valence-corrected chi connectivity index (χ0v) is 14.8. The minimum Gasteiger partial charge on any atom is -0.484 e. The van der Waals surface area contributed by atoms with Gasteiger partial charge in [-0.2, -0.15) is 13.2 Å². The number of carbonyl (C=O) groups excluding carboxylic acids is 1. The van der Waals surface area contributed by atoms with E-state index in [1.807, 2.05) is 24.3 Å². The number of ether oxygens (including phenoxy) is 1. The Bertz CT molecular complexity index is 934. The van der Waals surface area contributed by atoms with Crippen LogP contribution in [0.4, 0.5) is 13.2 Å². The maximum Gasteiger partial charge on any atom is 0.422 e. The Balaban J connectivity index is 1.54. The van der Waals surface area contributed by atoms with E-state index in [-0.39, 0.29) is 18.2 Å². The molecule has 0 aliphatic rings. The molecule has 0 spiro atoms. The molecule has 8 heteroatoms. The second kappa shape index (κ2) is 8.22. The van der Waals surface area contributed by atoms with E-state index in [0.29, 0.717) is 10.6 Å². The number of para-hydroxylation sites is 1. The number of halogens is 3. The van der Waals surface area contributed by atoms with Crippen LogP contribution < -0.4 is 10.1 Å². The molecule has 3 rings (SSSR count). The standard InChI is InChI=1S/C19H15F3N2O2S/c20-19(21,22)12-26-14-5-3-4-13(10-14)11-23-17(25)8-9-18-24-15-6-1-2-7-16(15)27-18/h1-10H,11-12H2,(H,23,25)/b9-8+. The monoisotopic (exact) mass is 392 g/mol. The second-order valence-electron chi connectivity index (χ2n) is 5.62. The van der Waals surface area contributed by atoms with Crippen LogP contribution in [0.3, 0.4) is 0 Å². The van der Waals surface area contributed by atoms with Gasteiger partial charge >= 0.3 is 6.18 Å². The van der Waals surface area contributed by atoms with Crippen LogP contribution in [0.25, 0.3) is 16.3 Å². The molecular weight excluding hydrogens is 377 g/mol. The third-order valence-electron chi connectivity index (χ3n) is 3.46. The number of amides is 1. The van der Waals surface area contributed by atoms with Crippen molar-refractivity contribution in [3.63, 3.8) is 0 Å². The largest absolute Gasteiger partial charge is 0.484 e. The molecule has 0 fully saturated rings. The predicted octanol–water partition coefficient (Wildman–Crippen LogP) is 4.57. The predicted molar refractivity (Wildman–Crippen MR) is 98.5 cm³/mol. The highest BCUT2D eigenvalue weighted by Gasteiger charge is 2.28. The first-order chi connectivity index (χ1) is 12.9. The van der Waals surface area contributed by atoms with Crippen molar-refractivity contribution in [3.8, 4) is 5.75 Å². The van der Waals surface area contributed by atoms with Crippen LogP contribution in [0.2, 0.25) is 0 Å². The van der Waals surface area contributed by atoms with Crippen molar-refractivity contribution >= 4 is 33.5 Å². The van der Waals surface area contributed by atoms with Crippen LogP contribution >= 0.6 is 11.3 Å². The van der Waals surface area contributed by atoms with Gasteiger partial charge in [0.15, 0.2) is 6.61 Å². The number of carbonyl (C=O) groups is 1. The molecule has 0 atom stereocenters. The number of rotatable bonds is 6. The fourth-order valence-corrected chi connectivity index (χ4v) is 3.14. The van der Waals surface area contributed by atoms with Gasteiger partial charge in [-0.05, 0) is 35.9 Å². The molecule has 0 bridgehead atoms. The van der Waals surface area contributed by atoms with Crippen LogP contribution in [0.15, 0.2) is 54.6 Å². The summed E-state index contributed by atoms with van der Waals surface area (Å²) in [6, 6.07) is 13.8. The molecular formula is C19H15F3N2O2S. The summed E-state index contributed by atoms with van der Waals surface area (Å²) in [5.74, 6) is -0.222. The fourth-order valence-electron chi connectivity index (χ4n) is 2.27. The van der Waals surface area contributed by atoms with Gasteiger partial charge in [0, 0.05) is 12.6 Å². The smallest absolute Gasteiger partial charge is 0.422 e. The summed E-state index contributed by atoms with van der Waals surface area (Å²) < 4.78 is 42.3. The summed E-state index contributed by atoms with van der Waals surface area (Å²) in [5, 5.41) is 3.39. The van der Waals surface area contributed by atoms with E-state index in [0.717, 1.165) is 10.2 Å². The van der Waals surface area contributed by atoms with Gasteiger partial charge in [0.25, 0.3) is 0 Å². The SMILES string of the molecule is O=C(/C=C/c1nc2ccccc2s1)NCc1cccc(OCC(F)(F)F)c1. The number of alkyl halides is 3. The molecule has 3 aromatic rings. The Morgan fingerprint density at radius 2 is 2.00 bits per heavy atom. The molecule has 1 N–H and O–H groups in total. The lowest BCUT2D eigenvalue weighted by molar-refractivity contribution is -0.153. The van der Waals surface area contributed by atoms with E-state index in [2.05, 4.69) is 10.3 Å². The summed E-state index contributed by atoms with van der Waals surface area (Å²) in [7, 11) is 0. The molecule has 140 valence electrons. The Morgan fingerprint density at radius 1 is 1.19 bits per heavy atom.